The molecule has 0 saturated carbocycles. The van der Waals surface area contributed by atoms with Gasteiger partial charge in [-0.05, 0) is 128 Å². The number of aliphatic hydroxyl groups excluding tert-OH is 4. The van der Waals surface area contributed by atoms with Crippen LogP contribution in [0, 0.1) is 0 Å². The van der Waals surface area contributed by atoms with Crippen molar-refractivity contribution in [2.45, 2.75) is 411 Å². The number of carbonyl (C=O) groups excluding carboxylic acids is 4. The molecule has 4 N–H and O–H groups in total. The Labute approximate surface area is 564 Å². The average Bonchev–Trinajstić information content (AvgIpc) is 0.922. The van der Waals surface area contributed by atoms with Crippen LogP contribution in [0.5, 0.6) is 0 Å². The van der Waals surface area contributed by atoms with Crippen LogP contribution in [0.3, 0.4) is 0 Å². The molecule has 0 aromatic rings. The maximum atomic E-state index is 15.1. The van der Waals surface area contributed by atoms with E-state index in [4.69, 9.17) is 20.3 Å². The molecule has 2 atom stereocenters. The van der Waals surface area contributed by atoms with Crippen LogP contribution in [0.25, 0.3) is 0 Å². The minimum Gasteiger partial charge on any atom is -0.394 e. The lowest BCUT2D eigenvalue weighted by Crippen LogP contribution is -2.61. The summed E-state index contributed by atoms with van der Waals surface area (Å²) in [6, 6.07) is 0. The minimum absolute atomic E-state index is 0.292. The van der Waals surface area contributed by atoms with Crippen LogP contribution in [-0.4, -0.2) is 80.2 Å². The second kappa shape index (κ2) is 63.9. The van der Waals surface area contributed by atoms with Gasteiger partial charge in [-0.15, -0.1) is 0 Å². The smallest absolute Gasteiger partial charge is 0.394 e. The summed E-state index contributed by atoms with van der Waals surface area (Å²) in [6.07, 6.45) is 65.2. The zero-order valence-corrected chi connectivity index (χ0v) is 60.9. The molecule has 2 unspecified atom stereocenters. The highest BCUT2D eigenvalue weighted by Crippen LogP contribution is 2.61. The molecular weight excluding hydrogens is 1180 g/mol. The van der Waals surface area contributed by atoms with Crippen molar-refractivity contribution in [1.82, 2.24) is 0 Å². The van der Waals surface area contributed by atoms with E-state index in [9.17, 15) is 39.6 Å². The van der Waals surface area contributed by atoms with Gasteiger partial charge in [0.1, 0.15) is 12.2 Å². The Kier molecular flexibility index (Phi) is 62.5. The van der Waals surface area contributed by atoms with Crippen molar-refractivity contribution >= 4 is 41.3 Å². The summed E-state index contributed by atoms with van der Waals surface area (Å²) in [7, 11) is 0. The van der Waals surface area contributed by atoms with Crippen LogP contribution in [0.1, 0.15) is 387 Å². The Hall–Kier alpha value is -2.08. The quantitative estimate of drug-likeness (QED) is 0.0197. The Balaban J connectivity index is 6.50. The number of rotatable bonds is 72. The first kappa shape index (κ1) is 88.9. The molecule has 0 rings (SSSR count). The van der Waals surface area contributed by atoms with Crippen LogP contribution in [-0.2, 0) is 32.8 Å². The summed E-state index contributed by atoms with van der Waals surface area (Å²) in [5, 5.41) is 44.7. The van der Waals surface area contributed by atoms with Crippen molar-refractivity contribution in [3.63, 3.8) is 0 Å². The Morgan fingerprint density at radius 3 is 0.626 bits per heavy atom. The van der Waals surface area contributed by atoms with E-state index in [1.165, 1.54) is 154 Å². The third kappa shape index (κ3) is 46.7. The lowest BCUT2D eigenvalue weighted by Gasteiger charge is -2.39. The van der Waals surface area contributed by atoms with E-state index in [1.54, 1.807) is 0 Å². The molecule has 0 bridgehead atoms. The van der Waals surface area contributed by atoms with Crippen molar-refractivity contribution in [1.29, 1.82) is 0 Å². The van der Waals surface area contributed by atoms with Crippen molar-refractivity contribution in [2.24, 2.45) is 0 Å². The van der Waals surface area contributed by atoms with Gasteiger partial charge in [-0.1, -0.05) is 282 Å². The molecule has 91 heavy (non-hydrogen) atoms. The summed E-state index contributed by atoms with van der Waals surface area (Å²) in [5.74, 6) is -3.83. The lowest BCUT2D eigenvalue weighted by atomic mass is 9.82. The van der Waals surface area contributed by atoms with Crippen molar-refractivity contribution in [3.8, 4) is 0 Å². The van der Waals surface area contributed by atoms with Crippen molar-refractivity contribution in [3.05, 3.63) is 48.6 Å². The summed E-state index contributed by atoms with van der Waals surface area (Å²) < 4.78 is 26.9. The van der Waals surface area contributed by atoms with E-state index in [1.807, 2.05) is 0 Å². The lowest BCUT2D eigenvalue weighted by molar-refractivity contribution is -0.169. The van der Waals surface area contributed by atoms with Crippen molar-refractivity contribution in [2.75, 3.05) is 13.2 Å². The molecule has 532 valence electrons. The highest BCUT2D eigenvalue weighted by molar-refractivity contribution is 7.81. The maximum absolute atomic E-state index is 15.1. The first-order valence-corrected chi connectivity index (χ1v) is 40.8. The van der Waals surface area contributed by atoms with Gasteiger partial charge in [-0.25, -0.2) is 4.57 Å². The highest BCUT2D eigenvalue weighted by Gasteiger charge is 2.60. The minimum atomic E-state index is -5.56. The zero-order valence-electron chi connectivity index (χ0n) is 59.3. The standard InChI is InChI=1S/C78H142ClO11P/c1-5-9-13-17-21-25-29-33-37-41-45-49-53-57-61-65-71(82)77(75(86)69-80,72(83)66-62-58-54-50-46-42-38-34-30-26-22-18-14-10-6-2)89-91(79,88)90-78(76(87)70-81,73(84)67-63-59-55-51-47-43-39-35-31-27-23-19-15-11-7-3)74(85)68-64-60-56-52-48-44-40-36-32-28-24-20-16-12-8-4/h33-40,75-76,80-81,86-87H,5-32,41-70H2,1-4H3. The number of allylic oxidation sites excluding steroid dienone is 8. The number of ketones is 4. The number of halogens is 1. The molecule has 0 heterocycles. The third-order valence-electron chi connectivity index (χ3n) is 18.1. The zero-order chi connectivity index (χ0) is 67.0. The number of hydrogen-bond donors (Lipinski definition) is 4. The van der Waals surface area contributed by atoms with E-state index in [2.05, 4.69) is 76.3 Å². The fourth-order valence-corrected chi connectivity index (χ4v) is 14.2. The van der Waals surface area contributed by atoms with E-state index in [0.29, 0.717) is 51.4 Å². The van der Waals surface area contributed by atoms with Crippen LogP contribution in [0.4, 0.5) is 0 Å². The van der Waals surface area contributed by atoms with E-state index in [-0.39, 0.29) is 25.7 Å². The van der Waals surface area contributed by atoms with Crippen molar-refractivity contribution < 1.29 is 53.2 Å². The monoisotopic (exact) mass is 1320 g/mol. The first-order chi connectivity index (χ1) is 44.3. The van der Waals surface area contributed by atoms with Gasteiger partial charge >= 0.3 is 6.95 Å². The Morgan fingerprint density at radius 1 is 0.308 bits per heavy atom. The number of aliphatic hydroxyl groups is 4. The summed E-state index contributed by atoms with van der Waals surface area (Å²) in [5.41, 5.74) is -6.00. The van der Waals surface area contributed by atoms with Gasteiger partial charge in [0.15, 0.2) is 23.1 Å². The average molecular weight is 1320 g/mol. The number of carbonyl (C=O) groups is 4. The fraction of sp³-hybridized carbons (Fsp3) is 0.846. The largest absolute Gasteiger partial charge is 0.427 e. The molecule has 0 aromatic heterocycles. The third-order valence-corrected chi connectivity index (χ3v) is 19.5. The maximum Gasteiger partial charge on any atom is 0.427 e. The van der Waals surface area contributed by atoms with Gasteiger partial charge in [0, 0.05) is 36.9 Å². The summed E-state index contributed by atoms with van der Waals surface area (Å²) >= 11 is 6.77. The van der Waals surface area contributed by atoms with Crippen LogP contribution in [0.15, 0.2) is 48.6 Å². The Morgan fingerprint density at radius 2 is 0.462 bits per heavy atom. The molecule has 13 heteroatoms. The highest BCUT2D eigenvalue weighted by atomic mass is 35.7. The summed E-state index contributed by atoms with van der Waals surface area (Å²) in [4.78, 5) is 59.0. The fourth-order valence-electron chi connectivity index (χ4n) is 12.2. The predicted molar refractivity (Wildman–Crippen MR) is 385 cm³/mol. The molecular formula is C78H142ClO11P. The number of hydrogen-bond acceptors (Lipinski definition) is 11. The first-order valence-electron chi connectivity index (χ1n) is 38.3. The van der Waals surface area contributed by atoms with Gasteiger partial charge in [0.2, 0.25) is 11.2 Å². The van der Waals surface area contributed by atoms with Gasteiger partial charge in [-0.2, -0.15) is 0 Å². The van der Waals surface area contributed by atoms with E-state index < -0.39 is 66.7 Å². The second-order valence-corrected chi connectivity index (χ2v) is 29.0. The second-order valence-electron chi connectivity index (χ2n) is 26.5. The predicted octanol–water partition coefficient (Wildman–Crippen LogP) is 23.0. The molecule has 0 aliphatic rings. The molecule has 0 spiro atoms. The van der Waals surface area contributed by atoms with Gasteiger partial charge in [0.05, 0.1) is 13.2 Å². The van der Waals surface area contributed by atoms with Gasteiger partial charge in [0.25, 0.3) is 0 Å². The van der Waals surface area contributed by atoms with Crippen LogP contribution >= 0.6 is 18.2 Å². The number of unbranched alkanes of at least 4 members (excludes halogenated alkanes) is 44. The van der Waals surface area contributed by atoms with E-state index >= 15 is 4.57 Å². The molecule has 0 aliphatic heterocycles. The molecule has 0 radical (unpaired) electrons. The molecule has 0 amide bonds. The normalized spacial score (nSPS) is 14.9. The molecule has 11 nitrogen and oxygen atoms in total. The molecule has 0 saturated heterocycles. The molecule has 0 fully saturated rings. The van der Waals surface area contributed by atoms with Crippen LogP contribution in [0.2, 0.25) is 0 Å². The topological polar surface area (TPSA) is 185 Å². The number of Topliss-reactive ketones (excluding diaryl/α,β-unsaturated/α-hetero) is 4. The van der Waals surface area contributed by atoms with Crippen LogP contribution < -0.4 is 0 Å². The Bertz CT molecular complexity index is 1650. The van der Waals surface area contributed by atoms with Gasteiger partial charge in [-0.3, -0.25) is 28.2 Å². The van der Waals surface area contributed by atoms with Gasteiger partial charge < -0.3 is 20.4 Å². The van der Waals surface area contributed by atoms with E-state index in [0.717, 1.165) is 128 Å². The molecule has 0 aromatic carbocycles. The SMILES string of the molecule is CCCCCCCCC=CCCCCCCCC(=O)C(OP(=O)(Cl)OC(C(=O)CCCCCCCC=CCCCCCCCC)(C(=O)CCCCCCCC=CCCCCCCCC)C(O)CO)(C(=O)CCCCCCCC=CCCCCCCCC)C(O)CO. The molecule has 0 aliphatic carbocycles. The summed E-state index contributed by atoms with van der Waals surface area (Å²) in [6.45, 7) is 1.04.